The first-order valence-corrected chi connectivity index (χ1v) is 7.75. The summed E-state index contributed by atoms with van der Waals surface area (Å²) in [5.74, 6) is 2.14. The van der Waals surface area contributed by atoms with Gasteiger partial charge in [-0.05, 0) is 31.1 Å². The summed E-state index contributed by atoms with van der Waals surface area (Å²) in [6, 6.07) is 0.301. The van der Waals surface area contributed by atoms with E-state index >= 15 is 0 Å². The van der Waals surface area contributed by atoms with E-state index in [0.717, 1.165) is 12.3 Å². The van der Waals surface area contributed by atoms with Crippen LogP contribution in [0.3, 0.4) is 0 Å². The van der Waals surface area contributed by atoms with Crippen LogP contribution in [0, 0.1) is 11.8 Å². The highest BCUT2D eigenvalue weighted by Crippen LogP contribution is 2.44. The molecule has 1 amide bonds. The van der Waals surface area contributed by atoms with Crippen molar-refractivity contribution >= 4 is 17.5 Å². The smallest absolute Gasteiger partial charge is 0.271 e. The third kappa shape index (κ3) is 2.53. The van der Waals surface area contributed by atoms with Crippen molar-refractivity contribution in [1.82, 2.24) is 15.3 Å². The maximum absolute atomic E-state index is 12.4. The van der Waals surface area contributed by atoms with Crippen molar-refractivity contribution in [1.29, 1.82) is 0 Å². The number of hydrogen-bond donors (Lipinski definition) is 1. The second-order valence-electron chi connectivity index (χ2n) is 6.33. The first-order valence-electron chi connectivity index (χ1n) is 7.38. The minimum Gasteiger partial charge on any atom is -0.348 e. The van der Waals surface area contributed by atoms with Gasteiger partial charge in [0.2, 0.25) is 0 Å². The van der Waals surface area contributed by atoms with Crippen LogP contribution in [0.15, 0.2) is 6.20 Å². The van der Waals surface area contributed by atoms with Gasteiger partial charge in [-0.3, -0.25) is 4.79 Å². The van der Waals surface area contributed by atoms with Gasteiger partial charge in [-0.25, -0.2) is 9.97 Å². The third-order valence-electron chi connectivity index (χ3n) is 4.55. The molecule has 3 rings (SSSR count). The van der Waals surface area contributed by atoms with Gasteiger partial charge in [0.05, 0.1) is 11.2 Å². The molecule has 0 aromatic carbocycles. The van der Waals surface area contributed by atoms with E-state index in [9.17, 15) is 4.79 Å². The number of amides is 1. The number of halogens is 1. The fourth-order valence-electron chi connectivity index (χ4n) is 3.48. The summed E-state index contributed by atoms with van der Waals surface area (Å²) in [6.07, 6.45) is 6.46. The number of nitrogens with one attached hydrogen (secondary N) is 1. The van der Waals surface area contributed by atoms with Crippen LogP contribution < -0.4 is 5.32 Å². The van der Waals surface area contributed by atoms with Crippen molar-refractivity contribution in [3.05, 3.63) is 22.7 Å². The van der Waals surface area contributed by atoms with Crippen LogP contribution in [0.1, 0.15) is 61.8 Å². The number of carbonyl (C=O) groups excluding carboxylic acids is 1. The average molecular weight is 294 g/mol. The van der Waals surface area contributed by atoms with Gasteiger partial charge in [-0.15, -0.1) is 0 Å². The summed E-state index contributed by atoms with van der Waals surface area (Å²) < 4.78 is 0. The summed E-state index contributed by atoms with van der Waals surface area (Å²) in [5, 5.41) is 3.45. The number of rotatable bonds is 3. The quantitative estimate of drug-likeness (QED) is 0.931. The maximum Gasteiger partial charge on any atom is 0.271 e. The van der Waals surface area contributed by atoms with Crippen molar-refractivity contribution in [2.45, 2.75) is 51.5 Å². The molecule has 0 saturated heterocycles. The van der Waals surface area contributed by atoms with Gasteiger partial charge in [0.25, 0.3) is 5.91 Å². The first-order chi connectivity index (χ1) is 9.54. The van der Waals surface area contributed by atoms with Gasteiger partial charge >= 0.3 is 0 Å². The van der Waals surface area contributed by atoms with Gasteiger partial charge in [0.15, 0.2) is 0 Å². The summed E-state index contributed by atoms with van der Waals surface area (Å²) in [7, 11) is 0. The predicted molar refractivity (Wildman–Crippen MR) is 77.8 cm³/mol. The summed E-state index contributed by atoms with van der Waals surface area (Å²) in [5.41, 5.74) is 0.313. The van der Waals surface area contributed by atoms with E-state index in [1.54, 1.807) is 0 Å². The minimum absolute atomic E-state index is 0.156. The van der Waals surface area contributed by atoms with Gasteiger partial charge in [0.1, 0.15) is 11.5 Å². The number of aromatic nitrogens is 2. The van der Waals surface area contributed by atoms with Gasteiger partial charge in [-0.1, -0.05) is 31.9 Å². The maximum atomic E-state index is 12.4. The van der Waals surface area contributed by atoms with Crippen LogP contribution in [-0.4, -0.2) is 21.9 Å². The van der Waals surface area contributed by atoms with Crippen molar-refractivity contribution in [2.75, 3.05) is 0 Å². The Kier molecular flexibility index (Phi) is 3.67. The molecular weight excluding hydrogens is 274 g/mol. The molecule has 2 aliphatic rings. The second kappa shape index (κ2) is 5.32. The highest BCUT2D eigenvalue weighted by molar-refractivity contribution is 6.33. The molecule has 0 spiro atoms. The van der Waals surface area contributed by atoms with Gasteiger partial charge in [0, 0.05) is 12.0 Å². The fraction of sp³-hybridized carbons (Fsp3) is 0.667. The fourth-order valence-corrected chi connectivity index (χ4v) is 3.65. The molecule has 0 aliphatic heterocycles. The Morgan fingerprint density at radius 3 is 2.80 bits per heavy atom. The first kappa shape index (κ1) is 13.8. The molecule has 2 fully saturated rings. The van der Waals surface area contributed by atoms with Crippen molar-refractivity contribution in [3.63, 3.8) is 0 Å². The lowest BCUT2D eigenvalue weighted by molar-refractivity contribution is 0.0917. The van der Waals surface area contributed by atoms with Crippen molar-refractivity contribution in [3.8, 4) is 0 Å². The van der Waals surface area contributed by atoms with E-state index in [-0.39, 0.29) is 11.8 Å². The molecule has 1 N–H and O–H groups in total. The standard InChI is InChI=1S/C15H20ClN3O/c1-8(2)14-17-7-11(16)13(19-14)15(20)18-12-6-9-3-4-10(12)5-9/h7-10,12H,3-6H2,1-2H3,(H,18,20). The number of hydrogen-bond acceptors (Lipinski definition) is 3. The number of fused-ring (bicyclic) bond motifs is 2. The Balaban J connectivity index is 1.75. The third-order valence-corrected chi connectivity index (χ3v) is 4.83. The van der Waals surface area contributed by atoms with Crippen molar-refractivity contribution in [2.24, 2.45) is 11.8 Å². The predicted octanol–water partition coefficient (Wildman–Crippen LogP) is 3.17. The molecule has 108 valence electrons. The lowest BCUT2D eigenvalue weighted by Gasteiger charge is -2.22. The Hall–Kier alpha value is -1.16. The van der Waals surface area contributed by atoms with Crippen LogP contribution in [0.4, 0.5) is 0 Å². The lowest BCUT2D eigenvalue weighted by Crippen LogP contribution is -2.39. The van der Waals surface area contributed by atoms with Gasteiger partial charge in [-0.2, -0.15) is 0 Å². The van der Waals surface area contributed by atoms with E-state index in [0.29, 0.717) is 28.5 Å². The van der Waals surface area contributed by atoms with Crippen molar-refractivity contribution < 1.29 is 4.79 Å². The van der Waals surface area contributed by atoms with E-state index in [1.807, 2.05) is 13.8 Å². The zero-order chi connectivity index (χ0) is 14.3. The molecule has 4 nitrogen and oxygen atoms in total. The van der Waals surface area contributed by atoms with E-state index in [2.05, 4.69) is 15.3 Å². The number of nitrogens with zero attached hydrogens (tertiary/aromatic N) is 2. The molecule has 3 unspecified atom stereocenters. The normalized spacial score (nSPS) is 28.1. The zero-order valence-electron chi connectivity index (χ0n) is 11.9. The largest absolute Gasteiger partial charge is 0.348 e. The summed E-state index contributed by atoms with van der Waals surface area (Å²) in [6.45, 7) is 4.00. The molecule has 1 aromatic heterocycles. The SMILES string of the molecule is CC(C)c1ncc(Cl)c(C(=O)NC2CC3CCC2C3)n1. The zero-order valence-corrected chi connectivity index (χ0v) is 12.7. The monoisotopic (exact) mass is 293 g/mol. The molecule has 2 aliphatic carbocycles. The molecule has 3 atom stereocenters. The number of carbonyl (C=O) groups is 1. The Labute approximate surface area is 124 Å². The molecule has 1 heterocycles. The van der Waals surface area contributed by atoms with Crippen LogP contribution in [0.2, 0.25) is 5.02 Å². The molecule has 0 radical (unpaired) electrons. The highest BCUT2D eigenvalue weighted by atomic mass is 35.5. The minimum atomic E-state index is -0.156. The summed E-state index contributed by atoms with van der Waals surface area (Å²) >= 11 is 6.07. The molecule has 2 bridgehead atoms. The summed E-state index contributed by atoms with van der Waals surface area (Å²) in [4.78, 5) is 20.9. The van der Waals surface area contributed by atoms with E-state index < -0.39 is 0 Å². The Morgan fingerprint density at radius 2 is 2.20 bits per heavy atom. The lowest BCUT2D eigenvalue weighted by atomic mass is 9.95. The Morgan fingerprint density at radius 1 is 1.40 bits per heavy atom. The Bertz CT molecular complexity index is 532. The highest BCUT2D eigenvalue weighted by Gasteiger charge is 2.40. The molecule has 20 heavy (non-hydrogen) atoms. The second-order valence-corrected chi connectivity index (χ2v) is 6.74. The van der Waals surface area contributed by atoms with Gasteiger partial charge < -0.3 is 5.32 Å². The van der Waals surface area contributed by atoms with Crippen LogP contribution in [-0.2, 0) is 0 Å². The van der Waals surface area contributed by atoms with E-state index in [1.165, 1.54) is 25.5 Å². The molecule has 1 aromatic rings. The van der Waals surface area contributed by atoms with Crippen LogP contribution in [0.25, 0.3) is 0 Å². The topological polar surface area (TPSA) is 54.9 Å². The van der Waals surface area contributed by atoms with Crippen LogP contribution >= 0.6 is 11.6 Å². The molecule has 5 heteroatoms. The molecule has 2 saturated carbocycles. The van der Waals surface area contributed by atoms with Crippen LogP contribution in [0.5, 0.6) is 0 Å². The molecular formula is C15H20ClN3O. The van der Waals surface area contributed by atoms with E-state index in [4.69, 9.17) is 11.6 Å². The average Bonchev–Trinajstić information content (AvgIpc) is 3.01.